The van der Waals surface area contributed by atoms with Crippen LogP contribution in [-0.4, -0.2) is 43.1 Å². The molecule has 0 radical (unpaired) electrons. The van der Waals surface area contributed by atoms with Crippen LogP contribution in [0.3, 0.4) is 0 Å². The van der Waals surface area contributed by atoms with Crippen LogP contribution in [-0.2, 0) is 4.79 Å². The number of carbonyl (C=O) groups is 1. The molecule has 1 saturated heterocycles. The molecule has 4 nitrogen and oxygen atoms in total. The molecular formula is C19H20ClFN2O2. The van der Waals surface area contributed by atoms with E-state index < -0.39 is 6.10 Å². The van der Waals surface area contributed by atoms with Gasteiger partial charge in [0.2, 0.25) is 0 Å². The molecule has 0 spiro atoms. The van der Waals surface area contributed by atoms with Gasteiger partial charge in [-0.3, -0.25) is 4.79 Å². The van der Waals surface area contributed by atoms with E-state index in [4.69, 9.17) is 16.3 Å². The van der Waals surface area contributed by atoms with E-state index in [-0.39, 0.29) is 11.7 Å². The Morgan fingerprint density at radius 3 is 2.44 bits per heavy atom. The van der Waals surface area contributed by atoms with Crippen molar-refractivity contribution in [3.8, 4) is 5.75 Å². The van der Waals surface area contributed by atoms with Gasteiger partial charge in [-0.25, -0.2) is 4.39 Å². The minimum Gasteiger partial charge on any atom is -0.481 e. The van der Waals surface area contributed by atoms with Gasteiger partial charge in [0.1, 0.15) is 11.6 Å². The van der Waals surface area contributed by atoms with Crippen LogP contribution in [0, 0.1) is 5.82 Å². The van der Waals surface area contributed by atoms with Crippen molar-refractivity contribution in [3.63, 3.8) is 0 Å². The third kappa shape index (κ3) is 4.42. The molecule has 1 amide bonds. The van der Waals surface area contributed by atoms with Crippen molar-refractivity contribution < 1.29 is 13.9 Å². The maximum Gasteiger partial charge on any atom is 0.263 e. The van der Waals surface area contributed by atoms with E-state index in [0.717, 1.165) is 18.8 Å². The summed E-state index contributed by atoms with van der Waals surface area (Å²) in [6.07, 6.45) is -0.608. The van der Waals surface area contributed by atoms with Gasteiger partial charge in [0.15, 0.2) is 6.10 Å². The molecule has 0 bridgehead atoms. The molecule has 1 unspecified atom stereocenters. The Kier molecular flexibility index (Phi) is 5.43. The predicted octanol–water partition coefficient (Wildman–Crippen LogP) is 3.60. The van der Waals surface area contributed by atoms with Crippen molar-refractivity contribution in [3.05, 3.63) is 59.4 Å². The maximum absolute atomic E-state index is 12.9. The van der Waals surface area contributed by atoms with Gasteiger partial charge in [0.25, 0.3) is 5.91 Å². The number of halogens is 2. The summed E-state index contributed by atoms with van der Waals surface area (Å²) in [6.45, 7) is 4.46. The smallest absolute Gasteiger partial charge is 0.263 e. The van der Waals surface area contributed by atoms with E-state index in [9.17, 15) is 9.18 Å². The Hall–Kier alpha value is -2.27. The maximum atomic E-state index is 12.9. The highest BCUT2D eigenvalue weighted by Gasteiger charge is 2.26. The molecule has 1 aliphatic rings. The molecule has 2 aromatic rings. The third-order valence-electron chi connectivity index (χ3n) is 4.24. The molecule has 1 fully saturated rings. The topological polar surface area (TPSA) is 32.8 Å². The van der Waals surface area contributed by atoms with Crippen LogP contribution in [0.4, 0.5) is 10.1 Å². The van der Waals surface area contributed by atoms with E-state index in [1.54, 1.807) is 11.8 Å². The van der Waals surface area contributed by atoms with Gasteiger partial charge in [-0.05, 0) is 49.4 Å². The summed E-state index contributed by atoms with van der Waals surface area (Å²) in [5, 5.41) is 0.706. The van der Waals surface area contributed by atoms with E-state index >= 15 is 0 Å². The number of carbonyl (C=O) groups excluding carboxylic acids is 1. The number of benzene rings is 2. The second-order valence-electron chi connectivity index (χ2n) is 6.01. The standard InChI is InChI=1S/C19H20ClFN2O2/c1-14(25-18-7-5-16(21)6-8-18)19(24)23-11-9-22(10-12-23)17-4-2-3-15(20)13-17/h2-8,13-14H,9-12H2,1H3. The van der Waals surface area contributed by atoms with Crippen molar-refractivity contribution in [2.45, 2.75) is 13.0 Å². The monoisotopic (exact) mass is 362 g/mol. The molecule has 1 heterocycles. The normalized spacial score (nSPS) is 15.8. The van der Waals surface area contributed by atoms with Crippen LogP contribution >= 0.6 is 11.6 Å². The average molecular weight is 363 g/mol. The highest BCUT2D eigenvalue weighted by Crippen LogP contribution is 2.21. The van der Waals surface area contributed by atoms with Crippen molar-refractivity contribution in [1.29, 1.82) is 0 Å². The van der Waals surface area contributed by atoms with E-state index in [0.29, 0.717) is 23.9 Å². The molecule has 0 aliphatic carbocycles. The first-order valence-corrected chi connectivity index (χ1v) is 8.62. The Balaban J connectivity index is 1.54. The molecule has 0 aromatic heterocycles. The lowest BCUT2D eigenvalue weighted by Crippen LogP contribution is -2.52. The summed E-state index contributed by atoms with van der Waals surface area (Å²) in [5.74, 6) is 0.0957. The zero-order valence-electron chi connectivity index (χ0n) is 14.0. The van der Waals surface area contributed by atoms with Crippen molar-refractivity contribution in [2.75, 3.05) is 31.1 Å². The zero-order valence-corrected chi connectivity index (χ0v) is 14.7. The minimum absolute atomic E-state index is 0.0601. The van der Waals surface area contributed by atoms with Crippen LogP contribution in [0.1, 0.15) is 6.92 Å². The minimum atomic E-state index is -0.608. The molecule has 6 heteroatoms. The van der Waals surface area contributed by atoms with Crippen LogP contribution in [0.25, 0.3) is 0 Å². The lowest BCUT2D eigenvalue weighted by atomic mass is 10.2. The summed E-state index contributed by atoms with van der Waals surface area (Å²) >= 11 is 6.04. The Labute approximate surface area is 151 Å². The molecule has 1 atom stereocenters. The van der Waals surface area contributed by atoms with Gasteiger partial charge in [-0.1, -0.05) is 17.7 Å². The van der Waals surface area contributed by atoms with Crippen molar-refractivity contribution in [1.82, 2.24) is 4.90 Å². The fourth-order valence-corrected chi connectivity index (χ4v) is 3.07. The van der Waals surface area contributed by atoms with Crippen molar-refractivity contribution >= 4 is 23.2 Å². The first-order chi connectivity index (χ1) is 12.0. The van der Waals surface area contributed by atoms with Crippen molar-refractivity contribution in [2.24, 2.45) is 0 Å². The summed E-state index contributed by atoms with van der Waals surface area (Å²) in [7, 11) is 0. The Morgan fingerprint density at radius 1 is 1.12 bits per heavy atom. The molecule has 25 heavy (non-hydrogen) atoms. The Morgan fingerprint density at radius 2 is 1.80 bits per heavy atom. The number of amides is 1. The number of ether oxygens (including phenoxy) is 1. The number of rotatable bonds is 4. The van der Waals surface area contributed by atoms with E-state index in [1.807, 2.05) is 24.3 Å². The fraction of sp³-hybridized carbons (Fsp3) is 0.316. The highest BCUT2D eigenvalue weighted by atomic mass is 35.5. The van der Waals surface area contributed by atoms with Crippen LogP contribution in [0.2, 0.25) is 5.02 Å². The Bertz CT molecular complexity index is 730. The van der Waals surface area contributed by atoms with Crippen LogP contribution < -0.4 is 9.64 Å². The lowest BCUT2D eigenvalue weighted by molar-refractivity contribution is -0.138. The molecule has 132 valence electrons. The second-order valence-corrected chi connectivity index (χ2v) is 6.44. The highest BCUT2D eigenvalue weighted by molar-refractivity contribution is 6.30. The first kappa shape index (κ1) is 17.5. The largest absolute Gasteiger partial charge is 0.481 e. The van der Waals surface area contributed by atoms with E-state index in [1.165, 1.54) is 24.3 Å². The summed E-state index contributed by atoms with van der Waals surface area (Å²) in [4.78, 5) is 16.6. The van der Waals surface area contributed by atoms with Crippen LogP contribution in [0.15, 0.2) is 48.5 Å². The van der Waals surface area contributed by atoms with Gasteiger partial charge in [0.05, 0.1) is 0 Å². The molecule has 1 aliphatic heterocycles. The average Bonchev–Trinajstić information content (AvgIpc) is 2.63. The summed E-state index contributed by atoms with van der Waals surface area (Å²) < 4.78 is 18.6. The molecule has 0 saturated carbocycles. The zero-order chi connectivity index (χ0) is 17.8. The molecular weight excluding hydrogens is 343 g/mol. The van der Waals surface area contributed by atoms with Gasteiger partial charge in [-0.15, -0.1) is 0 Å². The molecule has 0 N–H and O–H groups in total. The molecule has 2 aromatic carbocycles. The number of piperazine rings is 1. The van der Waals surface area contributed by atoms with Gasteiger partial charge in [0, 0.05) is 36.9 Å². The van der Waals surface area contributed by atoms with Crippen LogP contribution in [0.5, 0.6) is 5.75 Å². The number of hydrogen-bond donors (Lipinski definition) is 0. The summed E-state index contributed by atoms with van der Waals surface area (Å²) in [6, 6.07) is 13.4. The quantitative estimate of drug-likeness (QED) is 0.833. The third-order valence-corrected chi connectivity index (χ3v) is 4.47. The van der Waals surface area contributed by atoms with Gasteiger partial charge >= 0.3 is 0 Å². The van der Waals surface area contributed by atoms with E-state index in [2.05, 4.69) is 4.90 Å². The fourth-order valence-electron chi connectivity index (χ4n) is 2.88. The van der Waals surface area contributed by atoms with Gasteiger partial charge < -0.3 is 14.5 Å². The number of anilines is 1. The predicted molar refractivity (Wildman–Crippen MR) is 96.7 cm³/mol. The first-order valence-electron chi connectivity index (χ1n) is 8.24. The molecule has 3 rings (SSSR count). The summed E-state index contributed by atoms with van der Waals surface area (Å²) in [5.41, 5.74) is 1.07. The second kappa shape index (κ2) is 7.74. The number of nitrogens with zero attached hydrogens (tertiary/aromatic N) is 2. The van der Waals surface area contributed by atoms with Gasteiger partial charge in [-0.2, -0.15) is 0 Å². The lowest BCUT2D eigenvalue weighted by Gasteiger charge is -2.37. The SMILES string of the molecule is CC(Oc1ccc(F)cc1)C(=O)N1CCN(c2cccc(Cl)c2)CC1. The number of hydrogen-bond acceptors (Lipinski definition) is 3.